The average molecular weight is 180 g/mol. The molecular weight excluding hydrogens is 164 g/mol. The van der Waals surface area contributed by atoms with Crippen molar-refractivity contribution in [2.24, 2.45) is 4.99 Å². The molecule has 0 spiro atoms. The lowest BCUT2D eigenvalue weighted by atomic mass is 10.1. The third-order valence-corrected chi connectivity index (χ3v) is 2.36. The van der Waals surface area contributed by atoms with Crippen LogP contribution in [0.3, 0.4) is 0 Å². The fraction of sp³-hybridized carbons (Fsp3) is 0.667. The summed E-state index contributed by atoms with van der Waals surface area (Å²) in [5.41, 5.74) is 1.14. The second-order valence-corrected chi connectivity index (χ2v) is 3.52. The van der Waals surface area contributed by atoms with Crippen molar-refractivity contribution in [3.05, 3.63) is 11.9 Å². The highest BCUT2D eigenvalue weighted by Gasteiger charge is 2.17. The summed E-state index contributed by atoms with van der Waals surface area (Å²) >= 11 is 0. The first-order chi connectivity index (χ1) is 6.36. The molecule has 2 heterocycles. The van der Waals surface area contributed by atoms with Crippen molar-refractivity contribution in [2.45, 2.75) is 6.04 Å². The number of aliphatic imine (C=N–C) groups is 1. The molecule has 4 nitrogen and oxygen atoms in total. The van der Waals surface area contributed by atoms with Crippen LogP contribution in [-0.4, -0.2) is 50.4 Å². The zero-order valence-corrected chi connectivity index (χ0v) is 7.95. The first-order valence-corrected chi connectivity index (χ1v) is 4.75. The van der Waals surface area contributed by atoms with Crippen LogP contribution in [-0.2, 0) is 0 Å². The van der Waals surface area contributed by atoms with Crippen LogP contribution in [0.4, 0.5) is 0 Å². The van der Waals surface area contributed by atoms with Gasteiger partial charge in [0.05, 0.1) is 18.3 Å². The predicted octanol–water partition coefficient (Wildman–Crippen LogP) is -0.595. The Hall–Kier alpha value is -0.870. The van der Waals surface area contributed by atoms with Crippen molar-refractivity contribution >= 4 is 6.21 Å². The summed E-state index contributed by atoms with van der Waals surface area (Å²) in [5, 5.41) is 6.79. The van der Waals surface area contributed by atoms with Crippen LogP contribution in [0.1, 0.15) is 0 Å². The molecule has 1 unspecified atom stereocenters. The largest absolute Gasteiger partial charge is 0.374 e. The number of hydrogen-bond acceptors (Lipinski definition) is 4. The number of piperazine rings is 1. The van der Waals surface area contributed by atoms with Gasteiger partial charge in [-0.05, 0) is 0 Å². The molecule has 0 aromatic rings. The second-order valence-electron chi connectivity index (χ2n) is 3.52. The van der Waals surface area contributed by atoms with Crippen molar-refractivity contribution in [1.29, 1.82) is 0 Å². The van der Waals surface area contributed by atoms with Gasteiger partial charge in [0, 0.05) is 39.1 Å². The molecular formula is C9H16N4. The van der Waals surface area contributed by atoms with E-state index in [2.05, 4.69) is 33.8 Å². The van der Waals surface area contributed by atoms with E-state index in [1.165, 1.54) is 0 Å². The van der Waals surface area contributed by atoms with Gasteiger partial charge in [-0.25, -0.2) is 0 Å². The maximum absolute atomic E-state index is 4.40. The van der Waals surface area contributed by atoms with Gasteiger partial charge < -0.3 is 15.5 Å². The Morgan fingerprint density at radius 1 is 1.54 bits per heavy atom. The molecule has 0 aromatic carbocycles. The molecule has 1 atom stereocenters. The third-order valence-electron chi connectivity index (χ3n) is 2.36. The Labute approximate surface area is 78.7 Å². The van der Waals surface area contributed by atoms with E-state index in [1.807, 2.05) is 6.21 Å². The summed E-state index contributed by atoms with van der Waals surface area (Å²) < 4.78 is 0. The third kappa shape index (κ3) is 2.08. The van der Waals surface area contributed by atoms with Crippen LogP contribution < -0.4 is 10.6 Å². The summed E-state index contributed by atoms with van der Waals surface area (Å²) in [4.78, 5) is 6.55. The minimum absolute atomic E-state index is 0.382. The molecule has 2 aliphatic heterocycles. The van der Waals surface area contributed by atoms with Crippen molar-refractivity contribution in [1.82, 2.24) is 15.5 Å². The Morgan fingerprint density at radius 3 is 3.15 bits per heavy atom. The second kappa shape index (κ2) is 3.89. The zero-order chi connectivity index (χ0) is 9.10. The lowest BCUT2D eigenvalue weighted by Gasteiger charge is -2.27. The molecule has 13 heavy (non-hydrogen) atoms. The maximum atomic E-state index is 4.40. The van der Waals surface area contributed by atoms with Crippen LogP contribution in [0.15, 0.2) is 16.9 Å². The lowest BCUT2D eigenvalue weighted by Crippen LogP contribution is -2.49. The van der Waals surface area contributed by atoms with Crippen molar-refractivity contribution < 1.29 is 0 Å². The Morgan fingerprint density at radius 2 is 2.46 bits per heavy atom. The van der Waals surface area contributed by atoms with Gasteiger partial charge in [0.25, 0.3) is 0 Å². The van der Waals surface area contributed by atoms with Gasteiger partial charge in [0.2, 0.25) is 0 Å². The minimum Gasteiger partial charge on any atom is -0.374 e. The van der Waals surface area contributed by atoms with E-state index in [0.29, 0.717) is 6.04 Å². The smallest absolute Gasteiger partial charge is 0.0741 e. The van der Waals surface area contributed by atoms with Gasteiger partial charge in [-0.3, -0.25) is 4.99 Å². The van der Waals surface area contributed by atoms with E-state index in [4.69, 9.17) is 0 Å². The van der Waals surface area contributed by atoms with Crippen LogP contribution >= 0.6 is 0 Å². The van der Waals surface area contributed by atoms with E-state index < -0.39 is 0 Å². The highest BCUT2D eigenvalue weighted by atomic mass is 15.1. The molecule has 0 saturated carbocycles. The molecule has 0 aliphatic carbocycles. The zero-order valence-electron chi connectivity index (χ0n) is 7.95. The fourth-order valence-corrected chi connectivity index (χ4v) is 1.63. The summed E-state index contributed by atoms with van der Waals surface area (Å²) in [6.45, 7) is 3.99. The van der Waals surface area contributed by atoms with E-state index in [9.17, 15) is 0 Å². The van der Waals surface area contributed by atoms with E-state index >= 15 is 0 Å². The van der Waals surface area contributed by atoms with Crippen LogP contribution in [0.2, 0.25) is 0 Å². The number of nitrogens with one attached hydrogen (secondary N) is 2. The molecule has 2 aliphatic rings. The molecule has 0 amide bonds. The highest BCUT2D eigenvalue weighted by molar-refractivity contribution is 5.63. The summed E-state index contributed by atoms with van der Waals surface area (Å²) in [7, 11) is 2.07. The number of hydrogen-bond donors (Lipinski definition) is 2. The average Bonchev–Trinajstić information content (AvgIpc) is 2.19. The molecule has 2 rings (SSSR count). The highest BCUT2D eigenvalue weighted by Crippen LogP contribution is 2.09. The molecule has 0 aromatic heterocycles. The number of rotatable bonds is 1. The standard InChI is InChI=1S/C9H16N4/c1-13-5-4-12-9(7-13)8-6-10-2-3-11-8/h4,7-8,10-11H,2-3,5-6H2,1H3. The van der Waals surface area contributed by atoms with Crippen LogP contribution in [0.5, 0.6) is 0 Å². The van der Waals surface area contributed by atoms with Gasteiger partial charge in [-0.2, -0.15) is 0 Å². The normalized spacial score (nSPS) is 28.8. The van der Waals surface area contributed by atoms with Crippen LogP contribution in [0.25, 0.3) is 0 Å². The van der Waals surface area contributed by atoms with Crippen LogP contribution in [0, 0.1) is 0 Å². The van der Waals surface area contributed by atoms with E-state index in [-0.39, 0.29) is 0 Å². The van der Waals surface area contributed by atoms with E-state index in [1.54, 1.807) is 0 Å². The van der Waals surface area contributed by atoms with Crippen molar-refractivity contribution in [2.75, 3.05) is 33.2 Å². The van der Waals surface area contributed by atoms with Crippen molar-refractivity contribution in [3.8, 4) is 0 Å². The van der Waals surface area contributed by atoms with E-state index in [0.717, 1.165) is 31.9 Å². The lowest BCUT2D eigenvalue weighted by molar-refractivity contribution is 0.436. The minimum atomic E-state index is 0.382. The maximum Gasteiger partial charge on any atom is 0.0741 e. The predicted molar refractivity (Wildman–Crippen MR) is 53.9 cm³/mol. The monoisotopic (exact) mass is 180 g/mol. The van der Waals surface area contributed by atoms with Gasteiger partial charge in [-0.15, -0.1) is 0 Å². The number of nitrogens with zero attached hydrogens (tertiary/aromatic N) is 2. The first-order valence-electron chi connectivity index (χ1n) is 4.75. The van der Waals surface area contributed by atoms with Gasteiger partial charge in [0.1, 0.15) is 0 Å². The Balaban J connectivity index is 2.02. The molecule has 0 radical (unpaired) electrons. The fourth-order valence-electron chi connectivity index (χ4n) is 1.63. The van der Waals surface area contributed by atoms with Gasteiger partial charge >= 0.3 is 0 Å². The SMILES string of the molecule is CN1C=C(C2CNCCN2)N=CC1. The van der Waals surface area contributed by atoms with Crippen molar-refractivity contribution in [3.63, 3.8) is 0 Å². The molecule has 4 heteroatoms. The summed E-state index contributed by atoms with van der Waals surface area (Å²) in [6.07, 6.45) is 4.08. The topological polar surface area (TPSA) is 39.7 Å². The summed E-state index contributed by atoms with van der Waals surface area (Å²) in [6, 6.07) is 0.382. The molecule has 0 bridgehead atoms. The Bertz CT molecular complexity index is 228. The van der Waals surface area contributed by atoms with Gasteiger partial charge in [0.15, 0.2) is 0 Å². The van der Waals surface area contributed by atoms with Gasteiger partial charge in [-0.1, -0.05) is 0 Å². The quantitative estimate of drug-likeness (QED) is 0.566. The molecule has 1 fully saturated rings. The molecule has 72 valence electrons. The molecule has 2 N–H and O–H groups in total. The Kier molecular flexibility index (Phi) is 2.61. The summed E-state index contributed by atoms with van der Waals surface area (Å²) in [5.74, 6) is 0. The molecule has 1 saturated heterocycles. The first kappa shape index (κ1) is 8.72.